The predicted octanol–water partition coefficient (Wildman–Crippen LogP) is 3.44. The van der Waals surface area contributed by atoms with E-state index in [4.69, 9.17) is 10.5 Å². The standard InChI is InChI=1S/C19H22N2O2S/c1-23-16-8-4-14(5-9-16)13-24-17-10-6-15(7-11-17)21-12-2-3-18(21)19(20)22/h4-11,18H,2-3,12-13H2,1H3,(H2,20,22)/t18-/m1/s1. The molecule has 126 valence electrons. The second kappa shape index (κ2) is 7.62. The molecule has 2 N–H and O–H groups in total. The summed E-state index contributed by atoms with van der Waals surface area (Å²) in [5.74, 6) is 1.56. The van der Waals surface area contributed by atoms with Gasteiger partial charge in [-0.05, 0) is 54.8 Å². The molecule has 0 spiro atoms. The molecule has 1 aliphatic rings. The van der Waals surface area contributed by atoms with Crippen molar-refractivity contribution in [3.05, 3.63) is 54.1 Å². The number of primary amides is 1. The van der Waals surface area contributed by atoms with Crippen LogP contribution in [0.5, 0.6) is 5.75 Å². The van der Waals surface area contributed by atoms with E-state index < -0.39 is 0 Å². The Balaban J connectivity index is 1.61. The molecule has 0 bridgehead atoms. The van der Waals surface area contributed by atoms with E-state index in [-0.39, 0.29) is 11.9 Å². The van der Waals surface area contributed by atoms with Crippen LogP contribution in [0.1, 0.15) is 18.4 Å². The largest absolute Gasteiger partial charge is 0.497 e. The molecular weight excluding hydrogens is 320 g/mol. The summed E-state index contributed by atoms with van der Waals surface area (Å²) in [6, 6.07) is 16.4. The van der Waals surface area contributed by atoms with E-state index in [0.29, 0.717) is 0 Å². The molecule has 5 heteroatoms. The van der Waals surface area contributed by atoms with Crippen LogP contribution in [0, 0.1) is 0 Å². The number of carbonyl (C=O) groups excluding carboxylic acids is 1. The molecule has 0 saturated carbocycles. The number of ether oxygens (including phenoxy) is 1. The number of thioether (sulfide) groups is 1. The third-order valence-corrected chi connectivity index (χ3v) is 5.40. The van der Waals surface area contributed by atoms with Gasteiger partial charge in [0.05, 0.1) is 7.11 Å². The van der Waals surface area contributed by atoms with E-state index >= 15 is 0 Å². The van der Waals surface area contributed by atoms with E-state index in [0.717, 1.165) is 36.6 Å². The fourth-order valence-corrected chi connectivity index (χ4v) is 3.85. The van der Waals surface area contributed by atoms with E-state index in [1.807, 2.05) is 12.1 Å². The molecule has 1 atom stereocenters. The summed E-state index contributed by atoms with van der Waals surface area (Å²) in [7, 11) is 1.68. The van der Waals surface area contributed by atoms with Gasteiger partial charge in [0.1, 0.15) is 11.8 Å². The molecule has 0 radical (unpaired) electrons. The Labute approximate surface area is 147 Å². The highest BCUT2D eigenvalue weighted by Gasteiger charge is 2.28. The van der Waals surface area contributed by atoms with E-state index in [1.54, 1.807) is 18.9 Å². The van der Waals surface area contributed by atoms with E-state index in [1.165, 1.54) is 10.5 Å². The Bertz CT molecular complexity index is 686. The smallest absolute Gasteiger partial charge is 0.240 e. The first-order chi connectivity index (χ1) is 11.7. The van der Waals surface area contributed by atoms with Gasteiger partial charge in [0.15, 0.2) is 0 Å². The number of amides is 1. The van der Waals surface area contributed by atoms with Crippen molar-refractivity contribution in [1.29, 1.82) is 0 Å². The lowest BCUT2D eigenvalue weighted by Gasteiger charge is -2.24. The summed E-state index contributed by atoms with van der Waals surface area (Å²) in [4.78, 5) is 14.8. The Hall–Kier alpha value is -2.14. The van der Waals surface area contributed by atoms with Gasteiger partial charge in [0.2, 0.25) is 5.91 Å². The molecule has 1 heterocycles. The molecule has 1 aliphatic heterocycles. The van der Waals surface area contributed by atoms with Gasteiger partial charge in [-0.2, -0.15) is 0 Å². The maximum atomic E-state index is 11.5. The molecule has 1 saturated heterocycles. The van der Waals surface area contributed by atoms with Crippen LogP contribution in [-0.4, -0.2) is 25.6 Å². The van der Waals surface area contributed by atoms with Crippen LogP contribution in [0.2, 0.25) is 0 Å². The summed E-state index contributed by atoms with van der Waals surface area (Å²) < 4.78 is 5.17. The number of nitrogens with zero attached hydrogens (tertiary/aromatic N) is 1. The highest BCUT2D eigenvalue weighted by Crippen LogP contribution is 2.29. The first-order valence-electron chi connectivity index (χ1n) is 8.09. The van der Waals surface area contributed by atoms with Crippen LogP contribution in [-0.2, 0) is 10.5 Å². The Morgan fingerprint density at radius 3 is 2.54 bits per heavy atom. The number of benzene rings is 2. The minimum Gasteiger partial charge on any atom is -0.497 e. The molecule has 0 unspecified atom stereocenters. The highest BCUT2D eigenvalue weighted by molar-refractivity contribution is 7.98. The van der Waals surface area contributed by atoms with Crippen molar-refractivity contribution >= 4 is 23.4 Å². The average molecular weight is 342 g/mol. The maximum Gasteiger partial charge on any atom is 0.240 e. The number of hydrogen-bond acceptors (Lipinski definition) is 4. The monoisotopic (exact) mass is 342 g/mol. The quantitative estimate of drug-likeness (QED) is 0.817. The molecule has 2 aromatic rings. The van der Waals surface area contributed by atoms with Crippen molar-refractivity contribution in [2.45, 2.75) is 29.5 Å². The highest BCUT2D eigenvalue weighted by atomic mass is 32.2. The van der Waals surface area contributed by atoms with Crippen molar-refractivity contribution in [2.75, 3.05) is 18.6 Å². The van der Waals surface area contributed by atoms with Crippen molar-refractivity contribution in [1.82, 2.24) is 0 Å². The molecule has 0 aliphatic carbocycles. The van der Waals surface area contributed by atoms with Gasteiger partial charge < -0.3 is 15.4 Å². The summed E-state index contributed by atoms with van der Waals surface area (Å²) in [5.41, 5.74) is 7.83. The maximum absolute atomic E-state index is 11.5. The molecule has 24 heavy (non-hydrogen) atoms. The number of nitrogens with two attached hydrogens (primary N) is 1. The van der Waals surface area contributed by atoms with Crippen molar-refractivity contribution < 1.29 is 9.53 Å². The zero-order chi connectivity index (χ0) is 16.9. The third kappa shape index (κ3) is 3.85. The lowest BCUT2D eigenvalue weighted by molar-refractivity contribution is -0.119. The lowest BCUT2D eigenvalue weighted by Crippen LogP contribution is -2.40. The van der Waals surface area contributed by atoms with Gasteiger partial charge in [-0.25, -0.2) is 0 Å². The summed E-state index contributed by atoms with van der Waals surface area (Å²) in [6.07, 6.45) is 1.87. The van der Waals surface area contributed by atoms with Crippen molar-refractivity contribution in [3.8, 4) is 5.75 Å². The Kier molecular flexibility index (Phi) is 5.30. The second-order valence-corrected chi connectivity index (χ2v) is 6.93. The number of hydrogen-bond donors (Lipinski definition) is 1. The molecule has 1 fully saturated rings. The van der Waals surface area contributed by atoms with Gasteiger partial charge in [-0.3, -0.25) is 4.79 Å². The van der Waals surface area contributed by atoms with Crippen LogP contribution in [0.4, 0.5) is 5.69 Å². The number of anilines is 1. The minimum absolute atomic E-state index is 0.164. The predicted molar refractivity (Wildman–Crippen MR) is 98.6 cm³/mol. The summed E-state index contributed by atoms with van der Waals surface area (Å²) in [5, 5.41) is 0. The first-order valence-corrected chi connectivity index (χ1v) is 9.07. The molecule has 0 aromatic heterocycles. The van der Waals surface area contributed by atoms with Crippen LogP contribution in [0.3, 0.4) is 0 Å². The molecule has 3 rings (SSSR count). The summed E-state index contributed by atoms with van der Waals surface area (Å²) >= 11 is 1.79. The van der Waals surface area contributed by atoms with Gasteiger partial charge in [-0.1, -0.05) is 12.1 Å². The second-order valence-electron chi connectivity index (χ2n) is 5.88. The number of carbonyl (C=O) groups is 1. The van der Waals surface area contributed by atoms with Crippen molar-refractivity contribution in [3.63, 3.8) is 0 Å². The fraction of sp³-hybridized carbons (Fsp3) is 0.316. The van der Waals surface area contributed by atoms with Crippen LogP contribution < -0.4 is 15.4 Å². The molecular formula is C19H22N2O2S. The normalized spacial score (nSPS) is 17.0. The van der Waals surface area contributed by atoms with Gasteiger partial charge in [0.25, 0.3) is 0 Å². The van der Waals surface area contributed by atoms with Gasteiger partial charge in [-0.15, -0.1) is 11.8 Å². The Morgan fingerprint density at radius 1 is 1.21 bits per heavy atom. The lowest BCUT2D eigenvalue weighted by atomic mass is 10.2. The topological polar surface area (TPSA) is 55.6 Å². The third-order valence-electron chi connectivity index (χ3n) is 4.31. The average Bonchev–Trinajstić information content (AvgIpc) is 3.11. The van der Waals surface area contributed by atoms with Gasteiger partial charge >= 0.3 is 0 Å². The fourth-order valence-electron chi connectivity index (χ4n) is 2.99. The number of rotatable bonds is 6. The first kappa shape index (κ1) is 16.7. The van der Waals surface area contributed by atoms with Gasteiger partial charge in [0, 0.05) is 22.9 Å². The van der Waals surface area contributed by atoms with Crippen LogP contribution in [0.25, 0.3) is 0 Å². The van der Waals surface area contributed by atoms with Crippen molar-refractivity contribution in [2.24, 2.45) is 5.73 Å². The number of methoxy groups -OCH3 is 1. The zero-order valence-corrected chi connectivity index (χ0v) is 14.6. The van der Waals surface area contributed by atoms with E-state index in [9.17, 15) is 4.79 Å². The minimum atomic E-state index is -0.231. The molecule has 4 nitrogen and oxygen atoms in total. The van der Waals surface area contributed by atoms with E-state index in [2.05, 4.69) is 41.3 Å². The SMILES string of the molecule is COc1ccc(CSc2ccc(N3CCC[C@@H]3C(N)=O)cc2)cc1. The van der Waals surface area contributed by atoms with Crippen LogP contribution in [0.15, 0.2) is 53.4 Å². The Morgan fingerprint density at radius 2 is 1.92 bits per heavy atom. The molecule has 1 amide bonds. The summed E-state index contributed by atoms with van der Waals surface area (Å²) in [6.45, 7) is 0.895. The van der Waals surface area contributed by atoms with Crippen LogP contribution >= 0.6 is 11.8 Å². The molecule has 2 aromatic carbocycles. The zero-order valence-electron chi connectivity index (χ0n) is 13.8.